The molecule has 3 N–H and O–H groups in total. The van der Waals surface area contributed by atoms with Crippen LogP contribution in [0.25, 0.3) is 0 Å². The zero-order valence-corrected chi connectivity index (χ0v) is 7.07. The Labute approximate surface area is 74.3 Å². The van der Waals surface area contributed by atoms with Crippen LogP contribution in [0, 0.1) is 9.81 Å². The van der Waals surface area contributed by atoms with Crippen LogP contribution in [0.1, 0.15) is 6.92 Å². The van der Waals surface area contributed by atoms with E-state index < -0.39 is 30.9 Å². The molecule has 0 aliphatic rings. The molecule has 0 heterocycles. The highest BCUT2D eigenvalue weighted by molar-refractivity contribution is 4.89. The van der Waals surface area contributed by atoms with Gasteiger partial charge in [0.1, 0.15) is 18.2 Å². The smallest absolute Gasteiger partial charge is 0.148 e. The second-order valence-corrected chi connectivity index (χ2v) is 2.68. The lowest BCUT2D eigenvalue weighted by Gasteiger charge is -2.20. The van der Waals surface area contributed by atoms with E-state index in [2.05, 4.69) is 10.4 Å². The van der Waals surface area contributed by atoms with Crippen molar-refractivity contribution in [1.29, 1.82) is 0 Å². The predicted octanol–water partition coefficient (Wildman–Crippen LogP) is -1.01. The zero-order valence-electron chi connectivity index (χ0n) is 7.07. The molecule has 0 radical (unpaired) electrons. The summed E-state index contributed by atoms with van der Waals surface area (Å²) in [6, 6.07) is -2.73. The van der Waals surface area contributed by atoms with Crippen molar-refractivity contribution in [2.24, 2.45) is 10.4 Å². The minimum absolute atomic E-state index is 0.691. The van der Waals surface area contributed by atoms with Gasteiger partial charge in [-0.2, -0.15) is 9.81 Å². The minimum atomic E-state index is -1.49. The van der Waals surface area contributed by atoms with Crippen molar-refractivity contribution in [1.82, 2.24) is 0 Å². The molecule has 76 valence electrons. The number of hydrogen-bond donors (Lipinski definition) is 3. The third kappa shape index (κ3) is 3.13. The van der Waals surface area contributed by atoms with E-state index in [1.807, 2.05) is 0 Å². The maximum Gasteiger partial charge on any atom is 0.148 e. The Morgan fingerprint density at radius 2 is 1.77 bits per heavy atom. The first-order valence-electron chi connectivity index (χ1n) is 3.70. The molecule has 4 atom stereocenters. The Morgan fingerprint density at radius 1 is 1.23 bits per heavy atom. The third-order valence-corrected chi connectivity index (χ3v) is 1.68. The average molecular weight is 192 g/mol. The van der Waals surface area contributed by atoms with Gasteiger partial charge in [0.25, 0.3) is 0 Å². The highest BCUT2D eigenvalue weighted by Crippen LogP contribution is 2.11. The summed E-state index contributed by atoms with van der Waals surface area (Å²) in [5, 5.41) is 31.5. The number of aliphatic hydroxyl groups is 3. The highest BCUT2D eigenvalue weighted by Gasteiger charge is 2.33. The third-order valence-electron chi connectivity index (χ3n) is 1.68. The molecule has 7 nitrogen and oxygen atoms in total. The summed E-state index contributed by atoms with van der Waals surface area (Å²) in [5.41, 5.74) is 0. The van der Waals surface area contributed by atoms with Crippen molar-refractivity contribution < 1.29 is 15.3 Å². The maximum absolute atomic E-state index is 10.2. The fourth-order valence-electron chi connectivity index (χ4n) is 0.849. The molecule has 0 saturated carbocycles. The van der Waals surface area contributed by atoms with Gasteiger partial charge in [0, 0.05) is 0 Å². The summed E-state index contributed by atoms with van der Waals surface area (Å²) in [6.45, 7) is 0.547. The Kier molecular flexibility index (Phi) is 5.28. The summed E-state index contributed by atoms with van der Waals surface area (Å²) in [4.78, 5) is 20.2. The first kappa shape index (κ1) is 12.1. The fraction of sp³-hybridized carbons (Fsp3) is 1.00. The van der Waals surface area contributed by atoms with Crippen molar-refractivity contribution in [3.05, 3.63) is 9.81 Å². The molecule has 0 aromatic rings. The van der Waals surface area contributed by atoms with Gasteiger partial charge >= 0.3 is 0 Å². The number of hydrogen-bond acceptors (Lipinski definition) is 7. The summed E-state index contributed by atoms with van der Waals surface area (Å²) in [5.74, 6) is 0. The SMILES string of the molecule is CC(O)C(O)C(N=O)C(CO)N=O. The predicted molar refractivity (Wildman–Crippen MR) is 43.9 cm³/mol. The van der Waals surface area contributed by atoms with Crippen LogP contribution in [0.2, 0.25) is 0 Å². The van der Waals surface area contributed by atoms with E-state index in [1.54, 1.807) is 0 Å². The van der Waals surface area contributed by atoms with Gasteiger partial charge in [-0.3, -0.25) is 0 Å². The highest BCUT2D eigenvalue weighted by atomic mass is 16.3. The molecule has 13 heavy (non-hydrogen) atoms. The average Bonchev–Trinajstić information content (AvgIpc) is 2.12. The first-order valence-corrected chi connectivity index (χ1v) is 3.70. The summed E-state index contributed by atoms with van der Waals surface area (Å²) in [6.07, 6.45) is -2.70. The summed E-state index contributed by atoms with van der Waals surface area (Å²) in [7, 11) is 0. The molecule has 0 aromatic carbocycles. The van der Waals surface area contributed by atoms with Gasteiger partial charge in [-0.15, -0.1) is 0 Å². The Balaban J connectivity index is 4.46. The van der Waals surface area contributed by atoms with Crippen molar-refractivity contribution in [2.75, 3.05) is 6.61 Å². The van der Waals surface area contributed by atoms with Crippen LogP contribution in [-0.2, 0) is 0 Å². The van der Waals surface area contributed by atoms with Crippen molar-refractivity contribution in [2.45, 2.75) is 31.2 Å². The molecule has 0 spiro atoms. The van der Waals surface area contributed by atoms with Gasteiger partial charge in [-0.05, 0) is 6.92 Å². The standard InChI is InChI=1S/C6H12N2O5/c1-3(10)6(11)5(8-13)4(2-9)7-12/h3-6,9-11H,2H2,1H3. The minimum Gasteiger partial charge on any atom is -0.394 e. The molecule has 7 heteroatoms. The van der Waals surface area contributed by atoms with Gasteiger partial charge < -0.3 is 15.3 Å². The molecule has 0 rings (SSSR count). The van der Waals surface area contributed by atoms with Crippen LogP contribution in [0.3, 0.4) is 0 Å². The second-order valence-electron chi connectivity index (χ2n) is 2.68. The zero-order chi connectivity index (χ0) is 10.4. The summed E-state index contributed by atoms with van der Waals surface area (Å²) < 4.78 is 0. The Bertz CT molecular complexity index is 174. The van der Waals surface area contributed by atoms with Gasteiger partial charge in [-0.1, -0.05) is 10.4 Å². The van der Waals surface area contributed by atoms with E-state index in [1.165, 1.54) is 6.92 Å². The fourth-order valence-corrected chi connectivity index (χ4v) is 0.849. The lowest BCUT2D eigenvalue weighted by Crippen LogP contribution is -2.42. The van der Waals surface area contributed by atoms with E-state index in [9.17, 15) is 9.81 Å². The van der Waals surface area contributed by atoms with Gasteiger partial charge in [0.05, 0.1) is 12.7 Å². The number of aliphatic hydroxyl groups excluding tert-OH is 3. The van der Waals surface area contributed by atoms with Crippen LogP contribution < -0.4 is 0 Å². The quantitative estimate of drug-likeness (QED) is 0.466. The van der Waals surface area contributed by atoms with Gasteiger partial charge in [0.15, 0.2) is 0 Å². The van der Waals surface area contributed by atoms with Gasteiger partial charge in [-0.25, -0.2) is 0 Å². The van der Waals surface area contributed by atoms with E-state index in [0.29, 0.717) is 0 Å². The largest absolute Gasteiger partial charge is 0.394 e. The van der Waals surface area contributed by atoms with Crippen molar-refractivity contribution in [3.8, 4) is 0 Å². The van der Waals surface area contributed by atoms with Crippen LogP contribution >= 0.6 is 0 Å². The maximum atomic E-state index is 10.2. The number of nitrogens with zero attached hydrogens (tertiary/aromatic N) is 2. The van der Waals surface area contributed by atoms with E-state index in [0.717, 1.165) is 0 Å². The summed E-state index contributed by atoms with van der Waals surface area (Å²) >= 11 is 0. The number of nitroso groups, excluding NO2 is 2. The molecular formula is C6H12N2O5. The Hall–Kier alpha value is -0.920. The van der Waals surface area contributed by atoms with E-state index in [-0.39, 0.29) is 0 Å². The second kappa shape index (κ2) is 5.68. The van der Waals surface area contributed by atoms with Crippen LogP contribution in [0.5, 0.6) is 0 Å². The Morgan fingerprint density at radius 3 is 2.00 bits per heavy atom. The molecule has 0 aliphatic heterocycles. The normalized spacial score (nSPS) is 20.0. The molecule has 0 fully saturated rings. The van der Waals surface area contributed by atoms with Crippen molar-refractivity contribution >= 4 is 0 Å². The lowest BCUT2D eigenvalue weighted by molar-refractivity contribution is 0.00603. The van der Waals surface area contributed by atoms with Crippen LogP contribution in [0.4, 0.5) is 0 Å². The van der Waals surface area contributed by atoms with E-state index in [4.69, 9.17) is 15.3 Å². The van der Waals surface area contributed by atoms with Crippen molar-refractivity contribution in [3.63, 3.8) is 0 Å². The lowest BCUT2D eigenvalue weighted by atomic mass is 10.0. The number of rotatable bonds is 6. The molecule has 0 bridgehead atoms. The molecule has 0 aromatic heterocycles. The van der Waals surface area contributed by atoms with Crippen LogP contribution in [-0.4, -0.2) is 46.2 Å². The molecule has 4 unspecified atom stereocenters. The monoisotopic (exact) mass is 192 g/mol. The molecule has 0 amide bonds. The van der Waals surface area contributed by atoms with Crippen LogP contribution in [0.15, 0.2) is 10.4 Å². The first-order chi connectivity index (χ1) is 6.08. The molecular weight excluding hydrogens is 180 g/mol. The molecule has 0 saturated heterocycles. The van der Waals surface area contributed by atoms with Gasteiger partial charge in [0.2, 0.25) is 0 Å². The molecule has 0 aliphatic carbocycles. The topological polar surface area (TPSA) is 120 Å². The van der Waals surface area contributed by atoms with E-state index >= 15 is 0 Å².